The maximum Gasteiger partial charge on any atom is 0.408 e. The van der Waals surface area contributed by atoms with E-state index < -0.39 is 18.1 Å². The first-order valence-corrected chi connectivity index (χ1v) is 5.50. The molecule has 2 N–H and O–H groups in total. The Morgan fingerprint density at radius 1 is 1.65 bits per heavy atom. The molecule has 0 radical (unpaired) electrons. The van der Waals surface area contributed by atoms with Gasteiger partial charge in [0.1, 0.15) is 12.6 Å². The summed E-state index contributed by atoms with van der Waals surface area (Å²) in [5.41, 5.74) is 0. The molecule has 2 unspecified atom stereocenters. The second-order valence-corrected chi connectivity index (χ2v) is 3.82. The average molecular weight is 243 g/mol. The van der Waals surface area contributed by atoms with E-state index in [0.717, 1.165) is 12.8 Å². The fourth-order valence-electron chi connectivity index (χ4n) is 1.71. The lowest BCUT2D eigenvalue weighted by molar-refractivity contribution is -0.142. The zero-order valence-electron chi connectivity index (χ0n) is 9.55. The lowest BCUT2D eigenvalue weighted by Gasteiger charge is -2.27. The van der Waals surface area contributed by atoms with Gasteiger partial charge in [-0.25, -0.2) is 9.59 Å². The van der Waals surface area contributed by atoms with Crippen molar-refractivity contribution in [3.63, 3.8) is 0 Å². The van der Waals surface area contributed by atoms with Gasteiger partial charge in [0.05, 0.1) is 6.61 Å². The molecular weight excluding hydrogens is 226 g/mol. The molecule has 0 spiro atoms. The van der Waals surface area contributed by atoms with Gasteiger partial charge in [-0.1, -0.05) is 12.7 Å². The third kappa shape index (κ3) is 4.44. The lowest BCUT2D eigenvalue weighted by atomic mass is 9.94. The highest BCUT2D eigenvalue weighted by molar-refractivity contribution is 5.80. The van der Waals surface area contributed by atoms with E-state index in [1.807, 2.05) is 0 Å². The highest BCUT2D eigenvalue weighted by Gasteiger charge is 2.31. The van der Waals surface area contributed by atoms with Crippen molar-refractivity contribution in [1.29, 1.82) is 0 Å². The molecule has 0 saturated carbocycles. The summed E-state index contributed by atoms with van der Waals surface area (Å²) in [4.78, 5) is 22.3. The Labute approximate surface area is 99.6 Å². The third-order valence-corrected chi connectivity index (χ3v) is 2.54. The van der Waals surface area contributed by atoms with Gasteiger partial charge in [0.15, 0.2) is 0 Å². The van der Waals surface area contributed by atoms with Gasteiger partial charge in [-0.05, 0) is 12.8 Å². The molecule has 1 aliphatic rings. The summed E-state index contributed by atoms with van der Waals surface area (Å²) in [6, 6.07) is -0.965. The topological polar surface area (TPSA) is 84.9 Å². The maximum absolute atomic E-state index is 11.3. The molecule has 0 bridgehead atoms. The summed E-state index contributed by atoms with van der Waals surface area (Å²) in [6.07, 6.45) is 2.19. The molecule has 6 nitrogen and oxygen atoms in total. The predicted molar refractivity (Wildman–Crippen MR) is 59.6 cm³/mol. The molecule has 0 aromatic carbocycles. The maximum atomic E-state index is 11.3. The molecule has 2 atom stereocenters. The lowest BCUT2D eigenvalue weighted by Crippen LogP contribution is -2.48. The number of alkyl carbamates (subject to hydrolysis) is 1. The van der Waals surface area contributed by atoms with Crippen molar-refractivity contribution >= 4 is 12.1 Å². The number of carboxylic acid groups (broad SMARTS) is 1. The Morgan fingerprint density at radius 2 is 2.41 bits per heavy atom. The Kier molecular flexibility index (Phi) is 5.48. The Morgan fingerprint density at radius 3 is 2.94 bits per heavy atom. The Hall–Kier alpha value is -1.56. The van der Waals surface area contributed by atoms with Crippen molar-refractivity contribution in [2.45, 2.75) is 18.9 Å². The van der Waals surface area contributed by atoms with Crippen LogP contribution in [-0.2, 0) is 14.3 Å². The van der Waals surface area contributed by atoms with Crippen LogP contribution in [0.4, 0.5) is 4.79 Å². The van der Waals surface area contributed by atoms with Crippen molar-refractivity contribution in [3.8, 4) is 0 Å². The molecule has 6 heteroatoms. The van der Waals surface area contributed by atoms with Crippen molar-refractivity contribution in [2.75, 3.05) is 19.8 Å². The van der Waals surface area contributed by atoms with E-state index in [1.54, 1.807) is 0 Å². The van der Waals surface area contributed by atoms with Crippen molar-refractivity contribution < 1.29 is 24.2 Å². The van der Waals surface area contributed by atoms with Crippen LogP contribution in [0.5, 0.6) is 0 Å². The van der Waals surface area contributed by atoms with E-state index >= 15 is 0 Å². The summed E-state index contributed by atoms with van der Waals surface area (Å²) in [5, 5.41) is 11.4. The summed E-state index contributed by atoms with van der Waals surface area (Å²) in [6.45, 7) is 4.44. The summed E-state index contributed by atoms with van der Waals surface area (Å²) < 4.78 is 9.89. The van der Waals surface area contributed by atoms with E-state index in [0.29, 0.717) is 13.2 Å². The number of hydrogen-bond acceptors (Lipinski definition) is 4. The van der Waals surface area contributed by atoms with Crippen LogP contribution >= 0.6 is 0 Å². The first-order chi connectivity index (χ1) is 8.15. The van der Waals surface area contributed by atoms with Gasteiger partial charge in [-0.3, -0.25) is 0 Å². The van der Waals surface area contributed by atoms with Gasteiger partial charge in [-0.2, -0.15) is 0 Å². The second-order valence-electron chi connectivity index (χ2n) is 3.82. The van der Waals surface area contributed by atoms with Gasteiger partial charge < -0.3 is 19.9 Å². The number of aliphatic carboxylic acids is 1. The molecule has 0 aromatic rings. The number of nitrogens with one attached hydrogen (secondary N) is 1. The molecule has 0 aliphatic carbocycles. The van der Waals surface area contributed by atoms with Crippen LogP contribution in [0.15, 0.2) is 12.7 Å². The van der Waals surface area contributed by atoms with E-state index in [1.165, 1.54) is 6.08 Å². The van der Waals surface area contributed by atoms with Gasteiger partial charge in [0, 0.05) is 12.5 Å². The molecule has 1 heterocycles. The Balaban J connectivity index is 2.50. The summed E-state index contributed by atoms with van der Waals surface area (Å²) >= 11 is 0. The second kappa shape index (κ2) is 6.90. The fraction of sp³-hybridized carbons (Fsp3) is 0.636. The van der Waals surface area contributed by atoms with Crippen LogP contribution in [0, 0.1) is 5.92 Å². The zero-order chi connectivity index (χ0) is 12.7. The molecule has 96 valence electrons. The number of carboxylic acids is 1. The minimum Gasteiger partial charge on any atom is -0.480 e. The van der Waals surface area contributed by atoms with Gasteiger partial charge in [-0.15, -0.1) is 0 Å². The molecule has 17 heavy (non-hydrogen) atoms. The highest BCUT2D eigenvalue weighted by atomic mass is 16.5. The van der Waals surface area contributed by atoms with Gasteiger partial charge in [0.25, 0.3) is 0 Å². The van der Waals surface area contributed by atoms with Crippen molar-refractivity contribution in [2.24, 2.45) is 5.92 Å². The van der Waals surface area contributed by atoms with Crippen LogP contribution in [0.2, 0.25) is 0 Å². The minimum absolute atomic E-state index is 0.0549. The highest BCUT2D eigenvalue weighted by Crippen LogP contribution is 2.17. The van der Waals surface area contributed by atoms with E-state index in [2.05, 4.69) is 11.9 Å². The van der Waals surface area contributed by atoms with Crippen LogP contribution in [-0.4, -0.2) is 43.0 Å². The van der Waals surface area contributed by atoms with Crippen LogP contribution in [0.25, 0.3) is 0 Å². The van der Waals surface area contributed by atoms with E-state index in [-0.39, 0.29) is 12.5 Å². The largest absolute Gasteiger partial charge is 0.480 e. The number of carbonyl (C=O) groups is 2. The predicted octanol–water partition coefficient (Wildman–Crippen LogP) is 0.778. The monoisotopic (exact) mass is 243 g/mol. The van der Waals surface area contributed by atoms with E-state index in [4.69, 9.17) is 14.6 Å². The molecule has 1 fully saturated rings. The first kappa shape index (κ1) is 13.5. The van der Waals surface area contributed by atoms with Crippen LogP contribution in [0.3, 0.4) is 0 Å². The number of rotatable bonds is 5. The first-order valence-electron chi connectivity index (χ1n) is 5.50. The Bertz CT molecular complexity index is 286. The zero-order valence-corrected chi connectivity index (χ0v) is 9.55. The normalized spacial score (nSPS) is 21.3. The molecule has 1 aliphatic heterocycles. The van der Waals surface area contributed by atoms with Crippen molar-refractivity contribution in [3.05, 3.63) is 12.7 Å². The summed E-state index contributed by atoms with van der Waals surface area (Å²) in [5.74, 6) is -1.28. The molecule has 1 rings (SSSR count). The molecule has 1 amide bonds. The summed E-state index contributed by atoms with van der Waals surface area (Å²) in [7, 11) is 0. The van der Waals surface area contributed by atoms with Gasteiger partial charge >= 0.3 is 12.1 Å². The van der Waals surface area contributed by atoms with Crippen LogP contribution < -0.4 is 5.32 Å². The van der Waals surface area contributed by atoms with Crippen LogP contribution in [0.1, 0.15) is 12.8 Å². The number of carbonyl (C=O) groups excluding carboxylic acids is 1. The quantitative estimate of drug-likeness (QED) is 0.697. The standard InChI is InChI=1S/C11H17NO5/c1-2-5-17-11(15)12-9(10(13)14)8-4-3-6-16-7-8/h2,8-9H,1,3-7H2,(H,12,15)(H,13,14). The SMILES string of the molecule is C=CCOC(=O)NC(C(=O)O)C1CCCOC1. The number of hydrogen-bond donors (Lipinski definition) is 2. The molecule has 1 saturated heterocycles. The fourth-order valence-corrected chi connectivity index (χ4v) is 1.71. The molecular formula is C11H17NO5. The number of ether oxygens (including phenoxy) is 2. The molecule has 0 aromatic heterocycles. The number of amides is 1. The average Bonchev–Trinajstić information content (AvgIpc) is 2.34. The van der Waals surface area contributed by atoms with Gasteiger partial charge in [0.2, 0.25) is 0 Å². The van der Waals surface area contributed by atoms with Crippen molar-refractivity contribution in [1.82, 2.24) is 5.32 Å². The smallest absolute Gasteiger partial charge is 0.408 e. The van der Waals surface area contributed by atoms with E-state index in [9.17, 15) is 9.59 Å². The third-order valence-electron chi connectivity index (χ3n) is 2.54. The minimum atomic E-state index is -1.07.